The Balaban J connectivity index is 1.33. The monoisotopic (exact) mass is 481 g/mol. The van der Waals surface area contributed by atoms with Crippen LogP contribution in [0.5, 0.6) is 0 Å². The first-order chi connectivity index (χ1) is 16.4. The lowest BCUT2D eigenvalue weighted by atomic mass is 9.97. The number of likely N-dealkylation sites (tertiary alicyclic amines) is 1. The van der Waals surface area contributed by atoms with Crippen LogP contribution in [0.15, 0.2) is 48.5 Å². The first kappa shape index (κ1) is 23.5. The zero-order valence-corrected chi connectivity index (χ0v) is 19.4. The van der Waals surface area contributed by atoms with Crippen LogP contribution in [-0.4, -0.2) is 45.9 Å². The molecular weight excluding hydrogens is 457 g/mol. The summed E-state index contributed by atoms with van der Waals surface area (Å²) in [4.78, 5) is 39.6. The van der Waals surface area contributed by atoms with Gasteiger partial charge in [0.2, 0.25) is 15.9 Å². The second-order valence-corrected chi connectivity index (χ2v) is 9.14. The van der Waals surface area contributed by atoms with Gasteiger partial charge < -0.3 is 15.5 Å². The molecule has 0 spiro atoms. The number of anilines is 1. The van der Waals surface area contributed by atoms with E-state index in [1.54, 1.807) is 29.2 Å². The lowest BCUT2D eigenvalue weighted by Crippen LogP contribution is -2.45. The summed E-state index contributed by atoms with van der Waals surface area (Å²) in [6.45, 7) is 3.01. The number of carbonyl (C=O) groups is 3. The van der Waals surface area contributed by atoms with Crippen molar-refractivity contribution >= 4 is 34.7 Å². The highest BCUT2D eigenvalue weighted by Gasteiger charge is 2.30. The SMILES string of the molecule is Cc1ccc(NC(=O)c2nnc(C(=O)N3CCC[C@H](C(=O)NCc4ccc(F)cc4)C3)s2)cc1. The summed E-state index contributed by atoms with van der Waals surface area (Å²) in [5.74, 6) is -1.61. The van der Waals surface area contributed by atoms with Crippen LogP contribution < -0.4 is 10.6 Å². The molecule has 3 aromatic rings. The van der Waals surface area contributed by atoms with Crippen molar-refractivity contribution in [2.24, 2.45) is 5.92 Å². The molecule has 1 fully saturated rings. The van der Waals surface area contributed by atoms with Crippen LogP contribution in [0.1, 0.15) is 43.6 Å². The van der Waals surface area contributed by atoms with Gasteiger partial charge in [0.25, 0.3) is 11.8 Å². The zero-order chi connectivity index (χ0) is 24.1. The van der Waals surface area contributed by atoms with Gasteiger partial charge >= 0.3 is 0 Å². The van der Waals surface area contributed by atoms with Gasteiger partial charge in [-0.05, 0) is 49.6 Å². The number of amides is 3. The molecule has 2 N–H and O–H groups in total. The van der Waals surface area contributed by atoms with E-state index in [2.05, 4.69) is 20.8 Å². The molecule has 2 heterocycles. The molecule has 1 saturated heterocycles. The summed E-state index contributed by atoms with van der Waals surface area (Å²) in [7, 11) is 0. The first-order valence-corrected chi connectivity index (χ1v) is 11.7. The number of hydrogen-bond donors (Lipinski definition) is 2. The lowest BCUT2D eigenvalue weighted by molar-refractivity contribution is -0.126. The average Bonchev–Trinajstić information content (AvgIpc) is 3.35. The van der Waals surface area contributed by atoms with Crippen molar-refractivity contribution in [1.82, 2.24) is 20.4 Å². The maximum absolute atomic E-state index is 13.0. The van der Waals surface area contributed by atoms with Gasteiger partial charge in [-0.15, -0.1) is 10.2 Å². The Kier molecular flexibility index (Phi) is 7.27. The van der Waals surface area contributed by atoms with E-state index in [9.17, 15) is 18.8 Å². The van der Waals surface area contributed by atoms with Gasteiger partial charge in [0.1, 0.15) is 5.82 Å². The normalized spacial score (nSPS) is 15.6. The number of nitrogens with zero attached hydrogens (tertiary/aromatic N) is 3. The summed E-state index contributed by atoms with van der Waals surface area (Å²) in [6.07, 6.45) is 1.35. The highest BCUT2D eigenvalue weighted by Crippen LogP contribution is 2.21. The van der Waals surface area contributed by atoms with Gasteiger partial charge in [-0.3, -0.25) is 14.4 Å². The van der Waals surface area contributed by atoms with E-state index >= 15 is 0 Å². The summed E-state index contributed by atoms with van der Waals surface area (Å²) in [6, 6.07) is 13.3. The van der Waals surface area contributed by atoms with Crippen molar-refractivity contribution in [2.45, 2.75) is 26.3 Å². The smallest absolute Gasteiger partial charge is 0.286 e. The minimum Gasteiger partial charge on any atom is -0.352 e. The van der Waals surface area contributed by atoms with Crippen molar-refractivity contribution in [3.63, 3.8) is 0 Å². The molecule has 1 aliphatic rings. The molecule has 176 valence electrons. The number of halogens is 1. The van der Waals surface area contributed by atoms with Crippen LogP contribution in [0.2, 0.25) is 0 Å². The summed E-state index contributed by atoms with van der Waals surface area (Å²) in [5.41, 5.74) is 2.50. The van der Waals surface area contributed by atoms with Crippen molar-refractivity contribution < 1.29 is 18.8 Å². The average molecular weight is 482 g/mol. The van der Waals surface area contributed by atoms with Crippen LogP contribution in [-0.2, 0) is 11.3 Å². The molecule has 1 atom stereocenters. The predicted octanol–water partition coefficient (Wildman–Crippen LogP) is 3.41. The fourth-order valence-corrected chi connectivity index (χ4v) is 4.38. The number of nitrogens with one attached hydrogen (secondary N) is 2. The second-order valence-electron chi connectivity index (χ2n) is 8.17. The molecule has 0 unspecified atom stereocenters. The Morgan fingerprint density at radius 3 is 2.50 bits per heavy atom. The maximum Gasteiger partial charge on any atom is 0.286 e. The van der Waals surface area contributed by atoms with Gasteiger partial charge in [-0.1, -0.05) is 41.2 Å². The van der Waals surface area contributed by atoms with Gasteiger partial charge in [-0.2, -0.15) is 0 Å². The van der Waals surface area contributed by atoms with Crippen LogP contribution in [0.25, 0.3) is 0 Å². The third kappa shape index (κ3) is 5.82. The summed E-state index contributed by atoms with van der Waals surface area (Å²) >= 11 is 0.927. The third-order valence-corrected chi connectivity index (χ3v) is 6.48. The molecule has 34 heavy (non-hydrogen) atoms. The maximum atomic E-state index is 13.0. The fraction of sp³-hybridized carbons (Fsp3) is 0.292. The lowest BCUT2D eigenvalue weighted by Gasteiger charge is -2.31. The van der Waals surface area contributed by atoms with Crippen LogP contribution in [0.3, 0.4) is 0 Å². The fourth-order valence-electron chi connectivity index (χ4n) is 3.67. The molecule has 1 aromatic heterocycles. The van der Waals surface area contributed by atoms with Crippen LogP contribution in [0.4, 0.5) is 10.1 Å². The van der Waals surface area contributed by atoms with E-state index in [1.807, 2.05) is 19.1 Å². The Labute approximate surface area is 200 Å². The highest BCUT2D eigenvalue weighted by atomic mass is 32.1. The van der Waals surface area contributed by atoms with Crippen LogP contribution >= 0.6 is 11.3 Å². The molecule has 0 bridgehead atoms. The number of carbonyl (C=O) groups excluding carboxylic acids is 3. The molecule has 2 aromatic carbocycles. The molecule has 4 rings (SSSR count). The van der Waals surface area contributed by atoms with Crippen LogP contribution in [0, 0.1) is 18.7 Å². The minimum atomic E-state index is -0.433. The Bertz CT molecular complexity index is 1180. The van der Waals surface area contributed by atoms with Gasteiger partial charge in [0.15, 0.2) is 0 Å². The van der Waals surface area contributed by atoms with E-state index in [0.29, 0.717) is 31.6 Å². The topological polar surface area (TPSA) is 104 Å². The van der Waals surface area contributed by atoms with Gasteiger partial charge in [0, 0.05) is 25.3 Å². The van der Waals surface area contributed by atoms with E-state index in [4.69, 9.17) is 0 Å². The Morgan fingerprint density at radius 1 is 1.06 bits per heavy atom. The second kappa shape index (κ2) is 10.5. The molecule has 1 aliphatic heterocycles. The molecular formula is C24H24FN5O3S. The third-order valence-electron chi connectivity index (χ3n) is 5.57. The van der Waals surface area contributed by atoms with Crippen molar-refractivity contribution in [3.8, 4) is 0 Å². The molecule has 0 radical (unpaired) electrons. The number of rotatable bonds is 6. The molecule has 8 nitrogen and oxygen atoms in total. The summed E-state index contributed by atoms with van der Waals surface area (Å²) < 4.78 is 13.0. The standard InChI is InChI=1S/C24H24FN5O3S/c1-15-4-10-19(11-5-15)27-21(32)22-28-29-23(34-22)24(33)30-12-2-3-17(14-30)20(31)26-13-16-6-8-18(25)9-7-16/h4-11,17H,2-3,12-14H2,1H3,(H,26,31)(H,27,32)/t17-/m0/s1. The van der Waals surface area contributed by atoms with Crippen molar-refractivity contribution in [3.05, 3.63) is 75.5 Å². The Morgan fingerprint density at radius 2 is 1.76 bits per heavy atom. The first-order valence-electron chi connectivity index (χ1n) is 10.9. The van der Waals surface area contributed by atoms with Crippen molar-refractivity contribution in [2.75, 3.05) is 18.4 Å². The van der Waals surface area contributed by atoms with Crippen molar-refractivity contribution in [1.29, 1.82) is 0 Å². The molecule has 0 aliphatic carbocycles. The number of aryl methyl sites for hydroxylation is 1. The zero-order valence-electron chi connectivity index (χ0n) is 18.6. The van der Waals surface area contributed by atoms with E-state index in [-0.39, 0.29) is 40.1 Å². The largest absolute Gasteiger partial charge is 0.352 e. The molecule has 0 saturated carbocycles. The van der Waals surface area contributed by atoms with E-state index in [1.165, 1.54) is 12.1 Å². The van der Waals surface area contributed by atoms with Gasteiger partial charge in [-0.25, -0.2) is 4.39 Å². The van der Waals surface area contributed by atoms with E-state index in [0.717, 1.165) is 22.5 Å². The van der Waals surface area contributed by atoms with E-state index < -0.39 is 5.91 Å². The van der Waals surface area contributed by atoms with Gasteiger partial charge in [0.05, 0.1) is 5.92 Å². The number of aromatic nitrogens is 2. The molecule has 10 heteroatoms. The molecule has 3 amide bonds. The number of hydrogen-bond acceptors (Lipinski definition) is 6. The predicted molar refractivity (Wildman–Crippen MR) is 126 cm³/mol. The number of benzene rings is 2. The minimum absolute atomic E-state index is 0.0922. The Hall–Kier alpha value is -3.66. The quantitative estimate of drug-likeness (QED) is 0.562. The number of piperidine rings is 1. The highest BCUT2D eigenvalue weighted by molar-refractivity contribution is 7.15. The summed E-state index contributed by atoms with van der Waals surface area (Å²) in [5, 5.41) is 13.6.